The zero-order chi connectivity index (χ0) is 19.0. The number of ether oxygens (including phenoxy) is 2. The Morgan fingerprint density at radius 1 is 1.15 bits per heavy atom. The summed E-state index contributed by atoms with van der Waals surface area (Å²) in [5, 5.41) is 7.24. The first-order chi connectivity index (χ1) is 13.1. The van der Waals surface area contributed by atoms with Gasteiger partial charge >= 0.3 is 0 Å². The number of carbonyl (C=O) groups is 1. The van der Waals surface area contributed by atoms with Crippen molar-refractivity contribution in [2.75, 3.05) is 19.5 Å². The van der Waals surface area contributed by atoms with Crippen LogP contribution in [0, 0.1) is 5.82 Å². The van der Waals surface area contributed by atoms with E-state index in [1.165, 1.54) is 16.8 Å². The lowest BCUT2D eigenvalue weighted by Gasteiger charge is -2.25. The molecule has 1 amide bonds. The predicted octanol–water partition coefficient (Wildman–Crippen LogP) is 3.50. The van der Waals surface area contributed by atoms with Crippen LogP contribution in [0.15, 0.2) is 48.7 Å². The van der Waals surface area contributed by atoms with Crippen molar-refractivity contribution in [2.45, 2.75) is 12.3 Å². The van der Waals surface area contributed by atoms with Gasteiger partial charge in [0.2, 0.25) is 5.91 Å². The van der Waals surface area contributed by atoms with Gasteiger partial charge in [0, 0.05) is 23.5 Å². The zero-order valence-corrected chi connectivity index (χ0v) is 14.9. The molecule has 6 nitrogen and oxygen atoms in total. The number of hydrogen-bond donors (Lipinski definition) is 1. The highest BCUT2D eigenvalue weighted by Gasteiger charge is 2.32. The van der Waals surface area contributed by atoms with E-state index in [1.54, 1.807) is 32.5 Å². The van der Waals surface area contributed by atoms with Crippen LogP contribution in [0.25, 0.3) is 5.69 Å². The number of amides is 1. The van der Waals surface area contributed by atoms with E-state index in [9.17, 15) is 9.18 Å². The van der Waals surface area contributed by atoms with Gasteiger partial charge in [-0.05, 0) is 36.4 Å². The molecule has 7 heteroatoms. The first kappa shape index (κ1) is 17.1. The molecule has 1 atom stereocenters. The van der Waals surface area contributed by atoms with E-state index in [0.717, 1.165) is 11.1 Å². The summed E-state index contributed by atoms with van der Waals surface area (Å²) in [5.41, 5.74) is 2.21. The molecule has 0 aliphatic carbocycles. The van der Waals surface area contributed by atoms with Crippen LogP contribution in [0.1, 0.15) is 23.5 Å². The second-order valence-corrected chi connectivity index (χ2v) is 6.25. The van der Waals surface area contributed by atoms with Gasteiger partial charge in [0.1, 0.15) is 23.1 Å². The van der Waals surface area contributed by atoms with Crippen LogP contribution in [0.4, 0.5) is 10.2 Å². The van der Waals surface area contributed by atoms with Crippen molar-refractivity contribution in [3.8, 4) is 17.2 Å². The van der Waals surface area contributed by atoms with Crippen LogP contribution in [0.2, 0.25) is 0 Å². The zero-order valence-electron chi connectivity index (χ0n) is 14.9. The Balaban J connectivity index is 1.85. The number of benzene rings is 2. The second kappa shape index (κ2) is 6.75. The fraction of sp³-hybridized carbons (Fsp3) is 0.200. The Morgan fingerprint density at radius 2 is 2.00 bits per heavy atom. The van der Waals surface area contributed by atoms with Crippen molar-refractivity contribution in [1.82, 2.24) is 9.78 Å². The summed E-state index contributed by atoms with van der Waals surface area (Å²) in [5.74, 6) is 1.11. The molecule has 0 saturated carbocycles. The Hall–Kier alpha value is -3.35. The van der Waals surface area contributed by atoms with Crippen molar-refractivity contribution >= 4 is 11.7 Å². The highest BCUT2D eigenvalue weighted by atomic mass is 19.1. The van der Waals surface area contributed by atoms with Crippen LogP contribution in [-0.4, -0.2) is 29.9 Å². The molecule has 27 heavy (non-hydrogen) atoms. The van der Waals surface area contributed by atoms with Gasteiger partial charge in [-0.15, -0.1) is 0 Å². The van der Waals surface area contributed by atoms with Gasteiger partial charge < -0.3 is 14.8 Å². The van der Waals surface area contributed by atoms with Crippen LogP contribution >= 0.6 is 0 Å². The molecule has 1 aliphatic rings. The van der Waals surface area contributed by atoms with E-state index in [4.69, 9.17) is 9.47 Å². The van der Waals surface area contributed by atoms with E-state index in [-0.39, 0.29) is 24.1 Å². The van der Waals surface area contributed by atoms with Crippen molar-refractivity contribution in [2.24, 2.45) is 0 Å². The summed E-state index contributed by atoms with van der Waals surface area (Å²) in [6.45, 7) is 0. The second-order valence-electron chi connectivity index (χ2n) is 6.25. The summed E-state index contributed by atoms with van der Waals surface area (Å²) in [4.78, 5) is 12.4. The minimum Gasteiger partial charge on any atom is -0.497 e. The summed E-state index contributed by atoms with van der Waals surface area (Å²) < 4.78 is 26.0. The number of aromatic nitrogens is 2. The van der Waals surface area contributed by atoms with Crippen molar-refractivity contribution in [1.29, 1.82) is 0 Å². The molecule has 1 N–H and O–H groups in total. The fourth-order valence-corrected chi connectivity index (χ4v) is 3.41. The number of rotatable bonds is 4. The third-order valence-corrected chi connectivity index (χ3v) is 4.69. The Morgan fingerprint density at radius 3 is 2.74 bits per heavy atom. The van der Waals surface area contributed by atoms with E-state index in [1.807, 2.05) is 18.2 Å². The van der Waals surface area contributed by atoms with E-state index in [0.29, 0.717) is 23.0 Å². The highest BCUT2D eigenvalue weighted by molar-refractivity contribution is 5.94. The molecule has 3 aromatic rings. The monoisotopic (exact) mass is 367 g/mol. The van der Waals surface area contributed by atoms with Gasteiger partial charge in [-0.3, -0.25) is 4.79 Å². The van der Waals surface area contributed by atoms with E-state index >= 15 is 0 Å². The normalized spacial score (nSPS) is 15.8. The minimum absolute atomic E-state index is 0.143. The molecule has 1 aliphatic heterocycles. The van der Waals surface area contributed by atoms with Crippen molar-refractivity contribution < 1.29 is 18.7 Å². The van der Waals surface area contributed by atoms with E-state index < -0.39 is 0 Å². The number of methoxy groups -OCH3 is 2. The number of carbonyl (C=O) groups excluding carboxylic acids is 1. The number of nitrogens with zero attached hydrogens (tertiary/aromatic N) is 2. The molecule has 4 rings (SSSR count). The van der Waals surface area contributed by atoms with Gasteiger partial charge in [-0.1, -0.05) is 6.07 Å². The van der Waals surface area contributed by atoms with Gasteiger partial charge in [0.25, 0.3) is 0 Å². The molecule has 2 heterocycles. The molecule has 0 spiro atoms. The minimum atomic E-state index is -0.370. The third kappa shape index (κ3) is 3.01. The van der Waals surface area contributed by atoms with Crippen LogP contribution in [0.3, 0.4) is 0 Å². The first-order valence-corrected chi connectivity index (χ1v) is 8.46. The Labute approximate surface area is 155 Å². The average molecular weight is 367 g/mol. The maximum absolute atomic E-state index is 13.6. The molecular formula is C20H18FN3O3. The summed E-state index contributed by atoms with van der Waals surface area (Å²) >= 11 is 0. The lowest BCUT2D eigenvalue weighted by molar-refractivity contribution is -0.116. The van der Waals surface area contributed by atoms with Crippen LogP contribution in [-0.2, 0) is 4.79 Å². The van der Waals surface area contributed by atoms with Gasteiger partial charge in [-0.2, -0.15) is 5.10 Å². The predicted molar refractivity (Wildman–Crippen MR) is 98.2 cm³/mol. The SMILES string of the molecule is COc1ccc(OC)c(C2CC(=O)Nc3c2cnn3-c2cccc(F)c2)c1. The standard InChI is InChI=1S/C20H18FN3O3/c1-26-14-6-7-18(27-2)16(9-14)15-10-19(25)23-20-17(15)11-22-24(20)13-5-3-4-12(21)8-13/h3-9,11,15H,10H2,1-2H3,(H,23,25). The summed E-state index contributed by atoms with van der Waals surface area (Å²) in [7, 11) is 3.18. The van der Waals surface area contributed by atoms with E-state index in [2.05, 4.69) is 10.4 Å². The molecular weight excluding hydrogens is 349 g/mol. The van der Waals surface area contributed by atoms with Gasteiger partial charge in [0.05, 0.1) is 26.1 Å². The lowest BCUT2D eigenvalue weighted by atomic mass is 9.86. The molecule has 1 unspecified atom stereocenters. The maximum Gasteiger partial charge on any atom is 0.226 e. The van der Waals surface area contributed by atoms with Gasteiger partial charge in [-0.25, -0.2) is 9.07 Å². The molecule has 2 aromatic carbocycles. The molecule has 1 aromatic heterocycles. The van der Waals surface area contributed by atoms with Crippen molar-refractivity contribution in [3.63, 3.8) is 0 Å². The molecule has 0 fully saturated rings. The molecule has 138 valence electrons. The first-order valence-electron chi connectivity index (χ1n) is 8.46. The fourth-order valence-electron chi connectivity index (χ4n) is 3.41. The lowest BCUT2D eigenvalue weighted by Crippen LogP contribution is -2.24. The van der Waals surface area contributed by atoms with Crippen LogP contribution < -0.4 is 14.8 Å². The topological polar surface area (TPSA) is 65.4 Å². The third-order valence-electron chi connectivity index (χ3n) is 4.69. The largest absolute Gasteiger partial charge is 0.497 e. The number of halogens is 1. The summed E-state index contributed by atoms with van der Waals surface area (Å²) in [6, 6.07) is 11.6. The van der Waals surface area contributed by atoms with Crippen LogP contribution in [0.5, 0.6) is 11.5 Å². The highest BCUT2D eigenvalue weighted by Crippen LogP contribution is 2.42. The quantitative estimate of drug-likeness (QED) is 0.766. The Bertz CT molecular complexity index is 1020. The average Bonchev–Trinajstić information content (AvgIpc) is 3.10. The maximum atomic E-state index is 13.6. The molecule has 0 bridgehead atoms. The molecule has 0 saturated heterocycles. The van der Waals surface area contributed by atoms with Gasteiger partial charge in [0.15, 0.2) is 0 Å². The number of nitrogens with one attached hydrogen (secondary N) is 1. The number of anilines is 1. The Kier molecular flexibility index (Phi) is 4.27. The number of fused-ring (bicyclic) bond motifs is 1. The summed E-state index contributed by atoms with van der Waals surface area (Å²) in [6.07, 6.45) is 1.95. The van der Waals surface area contributed by atoms with Crippen molar-refractivity contribution in [3.05, 3.63) is 65.6 Å². The number of hydrogen-bond acceptors (Lipinski definition) is 4. The smallest absolute Gasteiger partial charge is 0.226 e. The molecule has 0 radical (unpaired) electrons.